The minimum Gasteiger partial charge on any atom is -0.493 e. The Bertz CT molecular complexity index is 1370. The van der Waals surface area contributed by atoms with Gasteiger partial charge in [0.2, 0.25) is 0 Å². The number of hydrogen-bond acceptors (Lipinski definition) is 7. The van der Waals surface area contributed by atoms with Crippen molar-refractivity contribution in [3.8, 4) is 22.8 Å². The SMILES string of the molecule is COc1cc(Nc2nc(-c3cnc4c(c3)CC=C4)cn3ccnc23)ccc1OC1CCOCC1. The van der Waals surface area contributed by atoms with Crippen molar-refractivity contribution in [1.82, 2.24) is 19.4 Å². The van der Waals surface area contributed by atoms with Gasteiger partial charge in [0.05, 0.1) is 31.7 Å². The van der Waals surface area contributed by atoms with Crippen LogP contribution in [0.5, 0.6) is 11.5 Å². The van der Waals surface area contributed by atoms with Crippen LogP contribution in [-0.4, -0.2) is 45.8 Å². The molecule has 172 valence electrons. The average Bonchev–Trinajstić information content (AvgIpc) is 3.54. The number of fused-ring (bicyclic) bond motifs is 2. The summed E-state index contributed by atoms with van der Waals surface area (Å²) in [7, 11) is 1.65. The van der Waals surface area contributed by atoms with Crippen molar-refractivity contribution in [3.63, 3.8) is 0 Å². The number of allylic oxidation sites excluding steroid dienone is 1. The van der Waals surface area contributed by atoms with Gasteiger partial charge in [0, 0.05) is 54.9 Å². The predicted octanol–water partition coefficient (Wildman–Crippen LogP) is 4.67. The summed E-state index contributed by atoms with van der Waals surface area (Å²) >= 11 is 0. The van der Waals surface area contributed by atoms with Gasteiger partial charge in [-0.3, -0.25) is 4.98 Å². The molecule has 1 aliphatic heterocycles. The summed E-state index contributed by atoms with van der Waals surface area (Å²) in [5.41, 5.74) is 5.61. The molecule has 2 aliphatic rings. The van der Waals surface area contributed by atoms with Gasteiger partial charge in [-0.15, -0.1) is 0 Å². The van der Waals surface area contributed by atoms with E-state index in [1.165, 1.54) is 5.56 Å². The van der Waals surface area contributed by atoms with E-state index >= 15 is 0 Å². The molecule has 6 rings (SSSR count). The Morgan fingerprint density at radius 2 is 2.03 bits per heavy atom. The fraction of sp³-hybridized carbons (Fsp3) is 0.269. The number of imidazole rings is 1. The first-order chi connectivity index (χ1) is 16.8. The van der Waals surface area contributed by atoms with E-state index in [2.05, 4.69) is 33.5 Å². The fourth-order valence-corrected chi connectivity index (χ4v) is 4.38. The number of methoxy groups -OCH3 is 1. The topological polar surface area (TPSA) is 82.8 Å². The lowest BCUT2D eigenvalue weighted by Crippen LogP contribution is -2.26. The molecule has 34 heavy (non-hydrogen) atoms. The largest absolute Gasteiger partial charge is 0.493 e. The maximum atomic E-state index is 6.18. The van der Waals surface area contributed by atoms with Gasteiger partial charge in [0.15, 0.2) is 23.0 Å². The number of nitrogens with zero attached hydrogens (tertiary/aromatic N) is 4. The average molecular weight is 456 g/mol. The van der Waals surface area contributed by atoms with Crippen molar-refractivity contribution in [3.05, 3.63) is 66.4 Å². The lowest BCUT2D eigenvalue weighted by atomic mass is 10.1. The van der Waals surface area contributed by atoms with Crippen LogP contribution < -0.4 is 14.8 Å². The third kappa shape index (κ3) is 3.97. The molecule has 4 heterocycles. The second-order valence-corrected chi connectivity index (χ2v) is 8.43. The molecule has 0 bridgehead atoms. The molecule has 0 unspecified atom stereocenters. The second kappa shape index (κ2) is 8.79. The van der Waals surface area contributed by atoms with Crippen LogP contribution in [0.4, 0.5) is 11.5 Å². The van der Waals surface area contributed by atoms with E-state index in [1.807, 2.05) is 41.2 Å². The van der Waals surface area contributed by atoms with Gasteiger partial charge in [-0.1, -0.05) is 6.08 Å². The highest BCUT2D eigenvalue weighted by Crippen LogP contribution is 2.34. The minimum atomic E-state index is 0.139. The summed E-state index contributed by atoms with van der Waals surface area (Å²) in [5.74, 6) is 2.05. The summed E-state index contributed by atoms with van der Waals surface area (Å²) in [4.78, 5) is 14.0. The second-order valence-electron chi connectivity index (χ2n) is 8.43. The van der Waals surface area contributed by atoms with Crippen LogP contribution in [0.25, 0.3) is 23.0 Å². The van der Waals surface area contributed by atoms with Crippen molar-refractivity contribution in [2.45, 2.75) is 25.4 Å². The Morgan fingerprint density at radius 1 is 1.12 bits per heavy atom. The molecule has 0 spiro atoms. The minimum absolute atomic E-state index is 0.139. The third-order valence-electron chi connectivity index (χ3n) is 6.17. The van der Waals surface area contributed by atoms with Crippen LogP contribution in [0.1, 0.15) is 24.1 Å². The highest BCUT2D eigenvalue weighted by atomic mass is 16.5. The first-order valence-electron chi connectivity index (χ1n) is 11.5. The highest BCUT2D eigenvalue weighted by molar-refractivity contribution is 5.75. The molecule has 3 aromatic heterocycles. The predicted molar refractivity (Wildman–Crippen MR) is 130 cm³/mol. The van der Waals surface area contributed by atoms with Crippen molar-refractivity contribution in [2.24, 2.45) is 0 Å². The van der Waals surface area contributed by atoms with Crippen LogP contribution in [-0.2, 0) is 11.2 Å². The molecule has 1 aromatic carbocycles. The zero-order valence-electron chi connectivity index (χ0n) is 18.9. The van der Waals surface area contributed by atoms with Crippen LogP contribution >= 0.6 is 0 Å². The van der Waals surface area contributed by atoms with Gasteiger partial charge < -0.3 is 23.9 Å². The van der Waals surface area contributed by atoms with E-state index in [9.17, 15) is 0 Å². The normalized spacial score (nSPS) is 15.4. The molecule has 0 atom stereocenters. The molecular weight excluding hydrogens is 430 g/mol. The quantitative estimate of drug-likeness (QED) is 0.452. The molecule has 1 aliphatic carbocycles. The van der Waals surface area contributed by atoms with E-state index in [4.69, 9.17) is 19.2 Å². The molecule has 1 saturated heterocycles. The van der Waals surface area contributed by atoms with Crippen molar-refractivity contribution in [1.29, 1.82) is 0 Å². The van der Waals surface area contributed by atoms with E-state index in [0.717, 1.165) is 66.5 Å². The van der Waals surface area contributed by atoms with E-state index in [-0.39, 0.29) is 6.10 Å². The molecule has 8 heteroatoms. The van der Waals surface area contributed by atoms with E-state index in [0.29, 0.717) is 11.6 Å². The van der Waals surface area contributed by atoms with Crippen molar-refractivity contribution in [2.75, 3.05) is 25.6 Å². The number of pyridine rings is 1. The summed E-state index contributed by atoms with van der Waals surface area (Å²) in [6, 6.07) is 7.97. The van der Waals surface area contributed by atoms with Crippen molar-refractivity contribution >= 4 is 23.2 Å². The summed E-state index contributed by atoms with van der Waals surface area (Å²) in [6.07, 6.45) is 14.5. The Kier molecular flexibility index (Phi) is 5.35. The number of anilines is 2. The van der Waals surface area contributed by atoms with Crippen LogP contribution in [0.15, 0.2) is 55.1 Å². The number of ether oxygens (including phenoxy) is 3. The summed E-state index contributed by atoms with van der Waals surface area (Å²) in [6.45, 7) is 1.45. The first-order valence-corrected chi connectivity index (χ1v) is 11.5. The number of aromatic nitrogens is 4. The summed E-state index contributed by atoms with van der Waals surface area (Å²) < 4.78 is 19.2. The number of nitrogens with one attached hydrogen (secondary N) is 1. The highest BCUT2D eigenvalue weighted by Gasteiger charge is 2.18. The molecular formula is C26H25N5O3. The van der Waals surface area contributed by atoms with Gasteiger partial charge in [-0.05, 0) is 36.3 Å². The lowest BCUT2D eigenvalue weighted by molar-refractivity contribution is 0.0245. The summed E-state index contributed by atoms with van der Waals surface area (Å²) in [5, 5.41) is 3.42. The fourth-order valence-electron chi connectivity index (χ4n) is 4.38. The Balaban J connectivity index is 1.31. The molecule has 1 fully saturated rings. The molecule has 0 saturated carbocycles. The van der Waals surface area contributed by atoms with Gasteiger partial charge in [-0.2, -0.15) is 0 Å². The Hall–Kier alpha value is -3.91. The molecule has 0 radical (unpaired) electrons. The standard InChI is InChI=1S/C26H25N5O3/c1-32-24-14-19(5-6-23(24)34-20-7-11-33-12-8-20)29-25-26-27-9-10-31(26)16-22(30-25)18-13-17-3-2-4-21(17)28-15-18/h2,4-6,9-10,13-16,20H,3,7-8,11-12H2,1H3,(H,29,30). The maximum absolute atomic E-state index is 6.18. The van der Waals surface area contributed by atoms with Gasteiger partial charge in [-0.25, -0.2) is 9.97 Å². The van der Waals surface area contributed by atoms with Gasteiger partial charge in [0.25, 0.3) is 0 Å². The Labute approximate surface area is 197 Å². The monoisotopic (exact) mass is 455 g/mol. The maximum Gasteiger partial charge on any atom is 0.180 e. The van der Waals surface area contributed by atoms with Crippen LogP contribution in [0, 0.1) is 0 Å². The zero-order chi connectivity index (χ0) is 22.9. The third-order valence-corrected chi connectivity index (χ3v) is 6.17. The van der Waals surface area contributed by atoms with E-state index < -0.39 is 0 Å². The molecule has 4 aromatic rings. The lowest BCUT2D eigenvalue weighted by Gasteiger charge is -2.24. The zero-order valence-corrected chi connectivity index (χ0v) is 18.9. The molecule has 8 nitrogen and oxygen atoms in total. The first kappa shape index (κ1) is 20.7. The number of benzene rings is 1. The Morgan fingerprint density at radius 3 is 2.91 bits per heavy atom. The van der Waals surface area contributed by atoms with Gasteiger partial charge >= 0.3 is 0 Å². The molecule has 0 amide bonds. The van der Waals surface area contributed by atoms with Crippen LogP contribution in [0.3, 0.4) is 0 Å². The smallest absolute Gasteiger partial charge is 0.180 e. The van der Waals surface area contributed by atoms with Gasteiger partial charge in [0.1, 0.15) is 6.10 Å². The number of rotatable bonds is 6. The molecule has 1 N–H and O–H groups in total. The van der Waals surface area contributed by atoms with Crippen LogP contribution in [0.2, 0.25) is 0 Å². The van der Waals surface area contributed by atoms with Crippen molar-refractivity contribution < 1.29 is 14.2 Å². The number of hydrogen-bond donors (Lipinski definition) is 1. The van der Waals surface area contributed by atoms with E-state index in [1.54, 1.807) is 13.3 Å².